The third kappa shape index (κ3) is 4.81. The summed E-state index contributed by atoms with van der Waals surface area (Å²) < 4.78 is 24.3. The van der Waals surface area contributed by atoms with Crippen molar-refractivity contribution < 1.29 is 13.2 Å². The molecule has 0 bridgehead atoms. The van der Waals surface area contributed by atoms with Crippen molar-refractivity contribution >= 4 is 38.4 Å². The molecule has 2 unspecified atom stereocenters. The standard InChI is InChI=1S/C22H20N4O3S2/c23-11-17(21(27)24-12-16-7-3-1-4-8-16)13-25-22-26(18-9-5-2-6-10-18)19-14-31(28,29)15-20(19)30-22/h1-10,13,19-20H,12,14-15H2,(H,24,27). The van der Waals surface area contributed by atoms with E-state index in [0.29, 0.717) is 11.7 Å². The van der Waals surface area contributed by atoms with Crippen LogP contribution in [0.2, 0.25) is 0 Å². The Bertz CT molecular complexity index is 1170. The summed E-state index contributed by atoms with van der Waals surface area (Å²) in [5.41, 5.74) is 1.65. The molecule has 1 N–H and O–H groups in total. The van der Waals surface area contributed by atoms with Gasteiger partial charge in [0.05, 0.1) is 23.7 Å². The van der Waals surface area contributed by atoms with E-state index in [1.165, 1.54) is 18.0 Å². The molecule has 4 rings (SSSR count). The Balaban J connectivity index is 1.56. The second-order valence-electron chi connectivity index (χ2n) is 7.24. The molecule has 2 aliphatic rings. The van der Waals surface area contributed by atoms with Gasteiger partial charge in [0, 0.05) is 17.5 Å². The molecule has 0 radical (unpaired) electrons. The van der Waals surface area contributed by atoms with Crippen molar-refractivity contribution in [2.24, 2.45) is 4.99 Å². The minimum absolute atomic E-state index is 0.0605. The number of anilines is 1. The molecule has 2 heterocycles. The highest BCUT2D eigenvalue weighted by molar-refractivity contribution is 8.16. The molecule has 1 amide bonds. The van der Waals surface area contributed by atoms with Crippen LogP contribution in [0.15, 0.2) is 77.4 Å². The van der Waals surface area contributed by atoms with E-state index in [9.17, 15) is 18.5 Å². The summed E-state index contributed by atoms with van der Waals surface area (Å²) in [6.45, 7) is 0.308. The van der Waals surface area contributed by atoms with Crippen LogP contribution in [0, 0.1) is 11.3 Å². The van der Waals surface area contributed by atoms with Gasteiger partial charge >= 0.3 is 0 Å². The number of sulfone groups is 1. The maximum atomic E-state index is 12.4. The molecule has 7 nitrogen and oxygen atoms in total. The summed E-state index contributed by atoms with van der Waals surface area (Å²) in [5.74, 6) is -0.352. The molecule has 2 saturated heterocycles. The number of amides is 1. The Morgan fingerprint density at radius 1 is 1.16 bits per heavy atom. The Kier molecular flexibility index (Phi) is 6.11. The highest BCUT2D eigenvalue weighted by Crippen LogP contribution is 2.40. The highest BCUT2D eigenvalue weighted by Gasteiger charge is 2.49. The molecule has 2 aromatic rings. The molecule has 0 aliphatic carbocycles. The maximum absolute atomic E-state index is 12.4. The molecule has 2 aromatic carbocycles. The molecular formula is C22H20N4O3S2. The van der Waals surface area contributed by atoms with Gasteiger partial charge in [-0.2, -0.15) is 5.26 Å². The van der Waals surface area contributed by atoms with Crippen LogP contribution in [0.4, 0.5) is 5.69 Å². The number of hydrogen-bond donors (Lipinski definition) is 1. The maximum Gasteiger partial charge on any atom is 0.263 e. The van der Waals surface area contributed by atoms with Crippen molar-refractivity contribution in [3.05, 3.63) is 78.0 Å². The van der Waals surface area contributed by atoms with Gasteiger partial charge in [-0.25, -0.2) is 13.4 Å². The van der Waals surface area contributed by atoms with E-state index in [1.807, 2.05) is 71.6 Å². The fourth-order valence-electron chi connectivity index (χ4n) is 3.60. The Labute approximate surface area is 185 Å². The lowest BCUT2D eigenvalue weighted by Crippen LogP contribution is -2.37. The van der Waals surface area contributed by atoms with Gasteiger partial charge in [0.1, 0.15) is 11.6 Å². The zero-order valence-corrected chi connectivity index (χ0v) is 18.1. The Morgan fingerprint density at radius 3 is 2.52 bits per heavy atom. The second-order valence-corrected chi connectivity index (χ2v) is 10.6. The topological polar surface area (TPSA) is 103 Å². The number of nitrogens with zero attached hydrogens (tertiary/aromatic N) is 3. The number of para-hydroxylation sites is 1. The Hall–Kier alpha value is -3.09. The van der Waals surface area contributed by atoms with Crippen LogP contribution in [0.3, 0.4) is 0 Å². The van der Waals surface area contributed by atoms with Crippen LogP contribution in [-0.2, 0) is 21.2 Å². The molecule has 9 heteroatoms. The number of carbonyl (C=O) groups is 1. The summed E-state index contributed by atoms with van der Waals surface area (Å²) in [5, 5.41) is 12.6. The molecule has 0 aromatic heterocycles. The van der Waals surface area contributed by atoms with Crippen molar-refractivity contribution in [2.45, 2.75) is 17.8 Å². The number of carbonyl (C=O) groups excluding carboxylic acids is 1. The number of amidine groups is 1. The summed E-state index contributed by atoms with van der Waals surface area (Å²) >= 11 is 1.37. The molecule has 2 atom stereocenters. The summed E-state index contributed by atoms with van der Waals surface area (Å²) in [6, 6.07) is 20.5. The van der Waals surface area contributed by atoms with Gasteiger partial charge in [-0.1, -0.05) is 60.3 Å². The number of benzene rings is 2. The molecule has 2 fully saturated rings. The zero-order chi connectivity index (χ0) is 21.8. The monoisotopic (exact) mass is 452 g/mol. The van der Waals surface area contributed by atoms with E-state index in [-0.39, 0.29) is 28.4 Å². The van der Waals surface area contributed by atoms with Gasteiger partial charge < -0.3 is 10.2 Å². The molecule has 158 valence electrons. The van der Waals surface area contributed by atoms with Crippen LogP contribution in [0.25, 0.3) is 0 Å². The largest absolute Gasteiger partial charge is 0.347 e. The smallest absolute Gasteiger partial charge is 0.263 e. The van der Waals surface area contributed by atoms with Crippen LogP contribution >= 0.6 is 11.8 Å². The first kappa shape index (κ1) is 21.2. The van der Waals surface area contributed by atoms with Crippen molar-refractivity contribution in [3.63, 3.8) is 0 Å². The van der Waals surface area contributed by atoms with Crippen molar-refractivity contribution in [1.82, 2.24) is 5.32 Å². The minimum atomic E-state index is -3.10. The van der Waals surface area contributed by atoms with Gasteiger partial charge in [0.15, 0.2) is 15.0 Å². The van der Waals surface area contributed by atoms with Crippen LogP contribution < -0.4 is 10.2 Å². The first-order valence-electron chi connectivity index (χ1n) is 9.68. The lowest BCUT2D eigenvalue weighted by molar-refractivity contribution is -0.117. The predicted molar refractivity (Wildman–Crippen MR) is 122 cm³/mol. The summed E-state index contributed by atoms with van der Waals surface area (Å²) in [7, 11) is -3.10. The van der Waals surface area contributed by atoms with E-state index in [4.69, 9.17) is 0 Å². The van der Waals surface area contributed by atoms with Crippen molar-refractivity contribution in [1.29, 1.82) is 5.26 Å². The average Bonchev–Trinajstić information content (AvgIpc) is 3.25. The van der Waals surface area contributed by atoms with Gasteiger partial charge in [0.25, 0.3) is 5.91 Å². The summed E-state index contributed by atoms with van der Waals surface area (Å²) in [6.07, 6.45) is 1.26. The van der Waals surface area contributed by atoms with Crippen molar-refractivity contribution in [2.75, 3.05) is 16.4 Å². The lowest BCUT2D eigenvalue weighted by Gasteiger charge is -2.24. The average molecular weight is 453 g/mol. The van der Waals surface area contributed by atoms with E-state index in [1.54, 1.807) is 0 Å². The number of nitriles is 1. The number of nitrogens with one attached hydrogen (secondary N) is 1. The van der Waals surface area contributed by atoms with E-state index < -0.39 is 15.7 Å². The van der Waals surface area contributed by atoms with Crippen molar-refractivity contribution in [3.8, 4) is 6.07 Å². The third-order valence-electron chi connectivity index (χ3n) is 5.07. The fraction of sp³-hybridized carbons (Fsp3) is 0.227. The molecule has 0 saturated carbocycles. The SMILES string of the molecule is N#CC(=CN=C1SC2CS(=O)(=O)CC2N1c1ccccc1)C(=O)NCc1ccccc1. The van der Waals surface area contributed by atoms with Crippen LogP contribution in [0.5, 0.6) is 0 Å². The van der Waals surface area contributed by atoms with Gasteiger partial charge in [0.2, 0.25) is 0 Å². The second kappa shape index (κ2) is 8.96. The quantitative estimate of drug-likeness (QED) is 0.552. The van der Waals surface area contributed by atoms with Gasteiger partial charge in [-0.05, 0) is 17.7 Å². The normalized spacial score (nSPS) is 23.4. The van der Waals surface area contributed by atoms with Gasteiger partial charge in [-0.15, -0.1) is 0 Å². The zero-order valence-electron chi connectivity index (χ0n) is 16.5. The van der Waals surface area contributed by atoms with Crippen LogP contribution in [-0.4, -0.2) is 42.3 Å². The fourth-order valence-corrected chi connectivity index (χ4v) is 7.49. The summed E-state index contributed by atoms with van der Waals surface area (Å²) in [4.78, 5) is 18.7. The van der Waals surface area contributed by atoms with E-state index >= 15 is 0 Å². The predicted octanol–water partition coefficient (Wildman–Crippen LogP) is 2.49. The number of rotatable bonds is 5. The third-order valence-corrected chi connectivity index (χ3v) is 8.29. The van der Waals surface area contributed by atoms with E-state index in [0.717, 1.165) is 11.3 Å². The molecule has 31 heavy (non-hydrogen) atoms. The molecule has 0 spiro atoms. The molecule has 2 aliphatic heterocycles. The first-order valence-corrected chi connectivity index (χ1v) is 12.4. The van der Waals surface area contributed by atoms with E-state index in [2.05, 4.69) is 10.3 Å². The highest BCUT2D eigenvalue weighted by atomic mass is 32.2. The van der Waals surface area contributed by atoms with Crippen LogP contribution in [0.1, 0.15) is 5.56 Å². The number of thioether (sulfide) groups is 1. The lowest BCUT2D eigenvalue weighted by atomic mass is 10.2. The van der Waals surface area contributed by atoms with Gasteiger partial charge in [-0.3, -0.25) is 4.79 Å². The number of fused-ring (bicyclic) bond motifs is 1. The number of aliphatic imine (C=N–C) groups is 1. The molecular weight excluding hydrogens is 432 g/mol. The minimum Gasteiger partial charge on any atom is -0.347 e. The first-order chi connectivity index (χ1) is 15.0. The number of hydrogen-bond acceptors (Lipinski definition) is 6. The Morgan fingerprint density at radius 2 is 1.84 bits per heavy atom.